The van der Waals surface area contributed by atoms with E-state index in [9.17, 15) is 13.2 Å². The van der Waals surface area contributed by atoms with Crippen LogP contribution in [0.3, 0.4) is 0 Å². The van der Waals surface area contributed by atoms with Gasteiger partial charge in [0.25, 0.3) is 0 Å². The molecule has 0 aliphatic carbocycles. The topological polar surface area (TPSA) is 9.23 Å². The first-order valence-electron chi connectivity index (χ1n) is 5.78. The van der Waals surface area contributed by atoms with Gasteiger partial charge in [-0.15, -0.1) is 0 Å². The SMILES string of the molecule is CCOCCCCc1ccccc1C(F)(F)F. The number of unbranched alkanes of at least 4 members (excludes halogenated alkanes) is 1. The monoisotopic (exact) mass is 246 g/mol. The van der Waals surface area contributed by atoms with E-state index >= 15 is 0 Å². The summed E-state index contributed by atoms with van der Waals surface area (Å²) >= 11 is 0. The summed E-state index contributed by atoms with van der Waals surface area (Å²) < 4.78 is 43.1. The summed E-state index contributed by atoms with van der Waals surface area (Å²) in [5, 5.41) is 0. The molecule has 96 valence electrons. The van der Waals surface area contributed by atoms with Gasteiger partial charge in [-0.1, -0.05) is 18.2 Å². The molecule has 0 N–H and O–H groups in total. The normalized spacial score (nSPS) is 11.8. The standard InChI is InChI=1S/C13H17F3O/c1-2-17-10-6-5-8-11-7-3-4-9-12(11)13(14,15)16/h3-4,7,9H,2,5-6,8,10H2,1H3. The molecular formula is C13H17F3O. The number of hydrogen-bond donors (Lipinski definition) is 0. The highest BCUT2D eigenvalue weighted by molar-refractivity contribution is 5.29. The van der Waals surface area contributed by atoms with Crippen LogP contribution in [0.2, 0.25) is 0 Å². The third-order valence-corrected chi connectivity index (χ3v) is 2.51. The maximum Gasteiger partial charge on any atom is 0.416 e. The first kappa shape index (κ1) is 14.0. The largest absolute Gasteiger partial charge is 0.416 e. The number of hydrogen-bond acceptors (Lipinski definition) is 1. The van der Waals surface area contributed by atoms with E-state index in [0.717, 1.165) is 12.5 Å². The van der Waals surface area contributed by atoms with E-state index < -0.39 is 11.7 Å². The molecule has 0 aliphatic heterocycles. The van der Waals surface area contributed by atoms with E-state index in [1.807, 2.05) is 6.92 Å². The zero-order chi connectivity index (χ0) is 12.7. The molecule has 17 heavy (non-hydrogen) atoms. The maximum absolute atomic E-state index is 12.7. The fraction of sp³-hybridized carbons (Fsp3) is 0.538. The van der Waals surface area contributed by atoms with E-state index in [1.165, 1.54) is 6.07 Å². The highest BCUT2D eigenvalue weighted by Crippen LogP contribution is 2.32. The van der Waals surface area contributed by atoms with E-state index in [1.54, 1.807) is 12.1 Å². The van der Waals surface area contributed by atoms with Gasteiger partial charge < -0.3 is 4.74 Å². The van der Waals surface area contributed by atoms with Gasteiger partial charge in [0.15, 0.2) is 0 Å². The Balaban J connectivity index is 2.53. The van der Waals surface area contributed by atoms with Gasteiger partial charge in [-0.05, 0) is 37.8 Å². The minimum absolute atomic E-state index is 0.372. The molecule has 0 saturated carbocycles. The molecule has 4 heteroatoms. The Morgan fingerprint density at radius 3 is 2.47 bits per heavy atom. The van der Waals surface area contributed by atoms with Crippen LogP contribution < -0.4 is 0 Å². The van der Waals surface area contributed by atoms with Crippen molar-refractivity contribution in [2.24, 2.45) is 0 Å². The van der Waals surface area contributed by atoms with Crippen molar-refractivity contribution >= 4 is 0 Å². The van der Waals surface area contributed by atoms with Gasteiger partial charge in [0, 0.05) is 13.2 Å². The fourth-order valence-corrected chi connectivity index (χ4v) is 1.68. The van der Waals surface area contributed by atoms with Crippen molar-refractivity contribution in [2.75, 3.05) is 13.2 Å². The van der Waals surface area contributed by atoms with Gasteiger partial charge in [0.2, 0.25) is 0 Å². The van der Waals surface area contributed by atoms with Gasteiger partial charge in [-0.3, -0.25) is 0 Å². The summed E-state index contributed by atoms with van der Waals surface area (Å²) in [6.45, 7) is 3.17. The molecule has 0 fully saturated rings. The lowest BCUT2D eigenvalue weighted by atomic mass is 10.0. The zero-order valence-corrected chi connectivity index (χ0v) is 9.89. The first-order valence-corrected chi connectivity index (χ1v) is 5.78. The van der Waals surface area contributed by atoms with Crippen molar-refractivity contribution in [3.05, 3.63) is 35.4 Å². The van der Waals surface area contributed by atoms with Crippen LogP contribution in [0.15, 0.2) is 24.3 Å². The molecule has 0 heterocycles. The van der Waals surface area contributed by atoms with Crippen LogP contribution in [0.4, 0.5) is 13.2 Å². The molecule has 0 spiro atoms. The second-order valence-corrected chi connectivity index (χ2v) is 3.81. The lowest BCUT2D eigenvalue weighted by Crippen LogP contribution is -2.09. The van der Waals surface area contributed by atoms with E-state index in [-0.39, 0.29) is 0 Å². The predicted molar refractivity (Wildman–Crippen MR) is 60.9 cm³/mol. The smallest absolute Gasteiger partial charge is 0.382 e. The molecule has 0 aromatic heterocycles. The zero-order valence-electron chi connectivity index (χ0n) is 9.89. The molecule has 0 saturated heterocycles. The van der Waals surface area contributed by atoms with Crippen LogP contribution in [0, 0.1) is 0 Å². The van der Waals surface area contributed by atoms with E-state index in [4.69, 9.17) is 4.74 Å². The highest BCUT2D eigenvalue weighted by Gasteiger charge is 2.32. The van der Waals surface area contributed by atoms with Crippen molar-refractivity contribution in [3.63, 3.8) is 0 Å². The van der Waals surface area contributed by atoms with E-state index in [0.29, 0.717) is 31.6 Å². The van der Waals surface area contributed by atoms with E-state index in [2.05, 4.69) is 0 Å². The summed E-state index contributed by atoms with van der Waals surface area (Å²) in [4.78, 5) is 0. The summed E-state index contributed by atoms with van der Waals surface area (Å²) in [6.07, 6.45) is -2.30. The number of rotatable bonds is 6. The second-order valence-electron chi connectivity index (χ2n) is 3.81. The molecule has 1 aromatic rings. The predicted octanol–water partition coefficient (Wildman–Crippen LogP) is 4.06. The van der Waals surface area contributed by atoms with Crippen LogP contribution >= 0.6 is 0 Å². The van der Waals surface area contributed by atoms with Crippen LogP contribution in [0.1, 0.15) is 30.9 Å². The summed E-state index contributed by atoms with van der Waals surface area (Å²) in [6, 6.07) is 5.75. The lowest BCUT2D eigenvalue weighted by Gasteiger charge is -2.12. The Hall–Kier alpha value is -1.03. The van der Waals surface area contributed by atoms with Gasteiger partial charge in [0.1, 0.15) is 0 Å². The Labute approximate surface area is 99.6 Å². The van der Waals surface area contributed by atoms with Crippen LogP contribution in [-0.2, 0) is 17.3 Å². The summed E-state index contributed by atoms with van der Waals surface area (Å²) in [5.74, 6) is 0. The molecule has 1 rings (SSSR count). The first-order chi connectivity index (χ1) is 8.05. The average Bonchev–Trinajstić information content (AvgIpc) is 2.28. The van der Waals surface area contributed by atoms with Gasteiger partial charge in [-0.25, -0.2) is 0 Å². The van der Waals surface area contributed by atoms with Crippen LogP contribution in [0.25, 0.3) is 0 Å². The molecular weight excluding hydrogens is 229 g/mol. The second kappa shape index (κ2) is 6.64. The van der Waals surface area contributed by atoms with Crippen molar-refractivity contribution in [1.29, 1.82) is 0 Å². The minimum Gasteiger partial charge on any atom is -0.382 e. The summed E-state index contributed by atoms with van der Waals surface area (Å²) in [7, 11) is 0. The fourth-order valence-electron chi connectivity index (χ4n) is 1.68. The minimum atomic E-state index is -4.25. The molecule has 0 radical (unpaired) electrons. The molecule has 1 nitrogen and oxygen atoms in total. The lowest BCUT2D eigenvalue weighted by molar-refractivity contribution is -0.138. The quantitative estimate of drug-likeness (QED) is 0.688. The van der Waals surface area contributed by atoms with Gasteiger partial charge >= 0.3 is 6.18 Å². The molecule has 0 aliphatic rings. The van der Waals surface area contributed by atoms with Crippen molar-refractivity contribution in [3.8, 4) is 0 Å². The van der Waals surface area contributed by atoms with Crippen LogP contribution in [-0.4, -0.2) is 13.2 Å². The molecule has 0 bridgehead atoms. The Morgan fingerprint density at radius 2 is 1.82 bits per heavy atom. The van der Waals surface area contributed by atoms with Crippen molar-refractivity contribution < 1.29 is 17.9 Å². The number of halogens is 3. The van der Waals surface area contributed by atoms with Crippen molar-refractivity contribution in [1.82, 2.24) is 0 Å². The Morgan fingerprint density at radius 1 is 1.12 bits per heavy atom. The van der Waals surface area contributed by atoms with Crippen LogP contribution in [0.5, 0.6) is 0 Å². The third kappa shape index (κ3) is 4.77. The average molecular weight is 246 g/mol. The number of benzene rings is 1. The van der Waals surface area contributed by atoms with Gasteiger partial charge in [-0.2, -0.15) is 13.2 Å². The molecule has 0 amide bonds. The molecule has 1 aromatic carbocycles. The number of alkyl halides is 3. The number of ether oxygens (including phenoxy) is 1. The Bertz CT molecular complexity index is 334. The molecule has 0 atom stereocenters. The number of aryl methyl sites for hydroxylation is 1. The third-order valence-electron chi connectivity index (χ3n) is 2.51. The Kier molecular flexibility index (Phi) is 5.48. The molecule has 0 unspecified atom stereocenters. The van der Waals surface area contributed by atoms with Gasteiger partial charge in [0.05, 0.1) is 5.56 Å². The summed E-state index contributed by atoms with van der Waals surface area (Å²) in [5.41, 5.74) is -0.145. The highest BCUT2D eigenvalue weighted by atomic mass is 19.4. The van der Waals surface area contributed by atoms with Crippen molar-refractivity contribution in [2.45, 2.75) is 32.4 Å². The maximum atomic E-state index is 12.7.